The summed E-state index contributed by atoms with van der Waals surface area (Å²) in [7, 11) is -4.25. The topological polar surface area (TPSA) is 181 Å². The number of halogens is 1. The Hall–Kier alpha value is -4.55. The zero-order chi connectivity index (χ0) is 30.7. The lowest BCUT2D eigenvalue weighted by Crippen LogP contribution is -2.40. The lowest BCUT2D eigenvalue weighted by Gasteiger charge is -2.20. The number of anilines is 2. The molecule has 4 rings (SSSR count). The number of amides is 2. The summed E-state index contributed by atoms with van der Waals surface area (Å²) in [4.78, 5) is 42.5. The van der Waals surface area contributed by atoms with Crippen molar-refractivity contribution in [3.63, 3.8) is 0 Å². The van der Waals surface area contributed by atoms with E-state index in [4.69, 9.17) is 26.1 Å². The number of nitrogens with one attached hydrogen (secondary N) is 3. The van der Waals surface area contributed by atoms with Gasteiger partial charge in [0, 0.05) is 34.6 Å². The lowest BCUT2D eigenvalue weighted by atomic mass is 10.1. The van der Waals surface area contributed by atoms with Crippen LogP contribution in [0, 0.1) is 0 Å². The lowest BCUT2D eigenvalue weighted by molar-refractivity contribution is -0.117. The molecule has 0 spiro atoms. The van der Waals surface area contributed by atoms with Gasteiger partial charge in [0.1, 0.15) is 12.9 Å². The molecule has 0 saturated carbocycles. The minimum atomic E-state index is -4.25. The molecule has 224 valence electrons. The van der Waals surface area contributed by atoms with Gasteiger partial charge in [-0.25, -0.2) is 4.79 Å². The summed E-state index contributed by atoms with van der Waals surface area (Å²) in [6.07, 6.45) is 3.72. The molecule has 1 aromatic heterocycles. The maximum atomic E-state index is 13.0. The van der Waals surface area contributed by atoms with Crippen LogP contribution >= 0.6 is 19.2 Å². The number of carbonyl (C=O) groups is 2. The van der Waals surface area contributed by atoms with E-state index < -0.39 is 26.5 Å². The summed E-state index contributed by atoms with van der Waals surface area (Å²) in [5.74, 6) is -0.304. The number of rotatable bonds is 13. The van der Waals surface area contributed by atoms with E-state index in [9.17, 15) is 14.2 Å². The van der Waals surface area contributed by atoms with Gasteiger partial charge >= 0.3 is 13.7 Å². The number of nitrogens with zero attached hydrogens (tertiary/aromatic N) is 4. The second kappa shape index (κ2) is 15.1. The monoisotopic (exact) mass is 625 g/mol. The minimum Gasteiger partial charge on any atom is -0.449 e. The number of aromatic nitrogens is 4. The van der Waals surface area contributed by atoms with Gasteiger partial charge < -0.3 is 25.2 Å². The Bertz CT molecular complexity index is 1580. The fourth-order valence-corrected chi connectivity index (χ4v) is 4.46. The third-order valence-electron chi connectivity index (χ3n) is 5.97. The third-order valence-corrected chi connectivity index (χ3v) is 6.97. The molecule has 1 heterocycles. The Balaban J connectivity index is 1.37. The van der Waals surface area contributed by atoms with Crippen LogP contribution in [0.4, 0.5) is 16.2 Å². The fourth-order valence-electron chi connectivity index (χ4n) is 3.95. The molecule has 0 saturated heterocycles. The number of hydrogen-bond acceptors (Lipinski definition) is 8. The van der Waals surface area contributed by atoms with Crippen molar-refractivity contribution in [1.29, 1.82) is 0 Å². The number of ether oxygens (including phenoxy) is 1. The highest BCUT2D eigenvalue weighted by Gasteiger charge is 2.15. The molecule has 2 amide bonds. The molecule has 0 fully saturated rings. The molecule has 3 aromatic carbocycles. The van der Waals surface area contributed by atoms with Gasteiger partial charge in [-0.05, 0) is 71.0 Å². The van der Waals surface area contributed by atoms with Crippen LogP contribution in [0.2, 0.25) is 5.02 Å². The third kappa shape index (κ3) is 10.7. The van der Waals surface area contributed by atoms with Crippen molar-refractivity contribution in [2.75, 3.05) is 29.9 Å². The number of hydrogen-bond donors (Lipinski definition) is 5. The predicted molar refractivity (Wildman–Crippen MR) is 162 cm³/mol. The highest BCUT2D eigenvalue weighted by molar-refractivity contribution is 7.51. The normalized spacial score (nSPS) is 12.1. The Labute approximate surface area is 252 Å². The van der Waals surface area contributed by atoms with Gasteiger partial charge in [-0.15, -0.1) is 5.10 Å². The Morgan fingerprint density at radius 1 is 1.05 bits per heavy atom. The number of tetrazole rings is 1. The molecule has 5 N–H and O–H groups in total. The van der Waals surface area contributed by atoms with Crippen molar-refractivity contribution in [2.24, 2.45) is 0 Å². The van der Waals surface area contributed by atoms with Crippen molar-refractivity contribution < 1.29 is 28.7 Å². The molecule has 13 nitrogen and oxygen atoms in total. The van der Waals surface area contributed by atoms with Gasteiger partial charge in [0.15, 0.2) is 0 Å². The van der Waals surface area contributed by atoms with Crippen LogP contribution in [0.25, 0.3) is 11.8 Å². The first-order chi connectivity index (χ1) is 20.6. The molecular formula is C28H29ClN7O6P. The molecule has 0 bridgehead atoms. The molecule has 0 unspecified atom stereocenters. The minimum absolute atomic E-state index is 0.278. The molecule has 0 aliphatic rings. The molecule has 4 aromatic rings. The standard InChI is InChI=1S/C28H29ClN7O6P/c29-22-7-12-26(36-19-31-34-35-36)21(17-22)6-13-27(37)32-25(16-20-4-2-1-3-5-20)18-30-23-8-10-24(11-9-23)33-28(38)42-14-15-43(39,40)41/h1-13,17,19,25,30H,14-16,18H2,(H,32,37)(H,33,38)(H2,39,40,41)/b13-6+/t25-/m0/s1. The van der Waals surface area contributed by atoms with Crippen molar-refractivity contribution in [2.45, 2.75) is 12.5 Å². The van der Waals surface area contributed by atoms with E-state index in [0.29, 0.717) is 34.9 Å². The first-order valence-corrected chi connectivity index (χ1v) is 15.2. The van der Waals surface area contributed by atoms with Gasteiger partial charge in [-0.2, -0.15) is 4.68 Å². The van der Waals surface area contributed by atoms with E-state index >= 15 is 0 Å². The SMILES string of the molecule is O=C(/C=C/c1cc(Cl)ccc1-n1cnnn1)N[C@H](CNc1ccc(NC(=O)OCCP(=O)(O)O)cc1)Cc1ccccc1. The smallest absolute Gasteiger partial charge is 0.411 e. The highest BCUT2D eigenvalue weighted by atomic mass is 35.5. The summed E-state index contributed by atoms with van der Waals surface area (Å²) < 4.78 is 17.1. The largest absolute Gasteiger partial charge is 0.449 e. The zero-order valence-electron chi connectivity index (χ0n) is 22.7. The summed E-state index contributed by atoms with van der Waals surface area (Å²) >= 11 is 6.18. The summed E-state index contributed by atoms with van der Waals surface area (Å²) in [6.45, 7) is -0.00225. The summed E-state index contributed by atoms with van der Waals surface area (Å²) in [5, 5.41) is 20.6. The Morgan fingerprint density at radius 2 is 1.79 bits per heavy atom. The van der Waals surface area contributed by atoms with Crippen LogP contribution in [0.3, 0.4) is 0 Å². The van der Waals surface area contributed by atoms with Crippen LogP contribution in [0.15, 0.2) is 85.2 Å². The number of benzene rings is 3. The van der Waals surface area contributed by atoms with E-state index in [2.05, 4.69) is 31.5 Å². The average molecular weight is 626 g/mol. The van der Waals surface area contributed by atoms with E-state index in [-0.39, 0.29) is 11.9 Å². The van der Waals surface area contributed by atoms with E-state index in [1.807, 2.05) is 30.3 Å². The molecule has 15 heteroatoms. The van der Waals surface area contributed by atoms with Gasteiger partial charge in [-0.3, -0.25) is 14.7 Å². The number of carbonyl (C=O) groups excluding carboxylic acids is 2. The van der Waals surface area contributed by atoms with E-state index in [1.54, 1.807) is 48.5 Å². The molecule has 43 heavy (non-hydrogen) atoms. The fraction of sp³-hybridized carbons (Fsp3) is 0.179. The molecule has 0 aliphatic carbocycles. The molecular weight excluding hydrogens is 597 g/mol. The molecule has 1 atom stereocenters. The quantitative estimate of drug-likeness (QED) is 0.108. The van der Waals surface area contributed by atoms with Crippen molar-refractivity contribution >= 4 is 48.6 Å². The summed E-state index contributed by atoms with van der Waals surface area (Å²) in [5.41, 5.74) is 3.55. The Kier molecular flexibility index (Phi) is 11.0. The predicted octanol–water partition coefficient (Wildman–Crippen LogP) is 3.89. The summed E-state index contributed by atoms with van der Waals surface area (Å²) in [6, 6.07) is 21.4. The molecule has 0 aliphatic heterocycles. The maximum absolute atomic E-state index is 13.0. The highest BCUT2D eigenvalue weighted by Crippen LogP contribution is 2.33. The van der Waals surface area contributed by atoms with Gasteiger partial charge in [-0.1, -0.05) is 41.9 Å². The van der Waals surface area contributed by atoms with Gasteiger partial charge in [0.05, 0.1) is 17.9 Å². The van der Waals surface area contributed by atoms with Crippen LogP contribution in [-0.2, 0) is 20.5 Å². The van der Waals surface area contributed by atoms with E-state index in [1.165, 1.54) is 17.1 Å². The zero-order valence-corrected chi connectivity index (χ0v) is 24.4. The van der Waals surface area contributed by atoms with Crippen LogP contribution in [0.1, 0.15) is 11.1 Å². The average Bonchev–Trinajstić information content (AvgIpc) is 3.50. The second-order valence-corrected chi connectivity index (χ2v) is 11.5. The second-order valence-electron chi connectivity index (χ2n) is 9.29. The first-order valence-electron chi connectivity index (χ1n) is 13.0. The van der Waals surface area contributed by atoms with Gasteiger partial charge in [0.2, 0.25) is 5.91 Å². The Morgan fingerprint density at radius 3 is 2.49 bits per heavy atom. The van der Waals surface area contributed by atoms with Gasteiger partial charge in [0.25, 0.3) is 0 Å². The van der Waals surface area contributed by atoms with Crippen LogP contribution in [-0.4, -0.2) is 67.3 Å². The van der Waals surface area contributed by atoms with Crippen molar-refractivity contribution in [1.82, 2.24) is 25.5 Å². The van der Waals surface area contributed by atoms with Crippen LogP contribution in [0.5, 0.6) is 0 Å². The van der Waals surface area contributed by atoms with Crippen LogP contribution < -0.4 is 16.0 Å². The maximum Gasteiger partial charge on any atom is 0.411 e. The van der Waals surface area contributed by atoms with Crippen molar-refractivity contribution in [3.05, 3.63) is 101 Å². The molecule has 0 radical (unpaired) electrons. The van der Waals surface area contributed by atoms with Crippen molar-refractivity contribution in [3.8, 4) is 5.69 Å². The van der Waals surface area contributed by atoms with E-state index in [0.717, 1.165) is 11.3 Å². The first kappa shape index (κ1) is 31.4.